The van der Waals surface area contributed by atoms with Gasteiger partial charge in [-0.05, 0) is 67.3 Å². The predicted molar refractivity (Wildman–Crippen MR) is 189 cm³/mol. The molecular formula is C40H36O2P2. The van der Waals surface area contributed by atoms with Crippen LogP contribution in [0.15, 0.2) is 164 Å². The van der Waals surface area contributed by atoms with Crippen LogP contribution in [0, 0.1) is 0 Å². The normalized spacial score (nSPS) is 18.0. The first-order chi connectivity index (χ1) is 21.9. The molecule has 0 aromatic heterocycles. The van der Waals surface area contributed by atoms with Gasteiger partial charge in [0.05, 0.1) is 19.1 Å². The molecule has 0 bridgehead atoms. The third-order valence-corrected chi connectivity index (χ3v) is 13.5. The molecule has 2 atom stereocenters. The third-order valence-electron chi connectivity index (χ3n) is 8.27. The summed E-state index contributed by atoms with van der Waals surface area (Å²) in [6, 6.07) is 50.9. The number of benzene rings is 5. The van der Waals surface area contributed by atoms with E-state index in [-0.39, 0.29) is 11.6 Å². The van der Waals surface area contributed by atoms with Gasteiger partial charge in [-0.15, -0.1) is 0 Å². The van der Waals surface area contributed by atoms with E-state index in [1.165, 1.54) is 32.1 Å². The number of fused-ring (bicyclic) bond motifs is 3. The molecule has 44 heavy (non-hydrogen) atoms. The lowest BCUT2D eigenvalue weighted by molar-refractivity contribution is 0.172. The van der Waals surface area contributed by atoms with Crippen molar-refractivity contribution in [1.82, 2.24) is 0 Å². The van der Waals surface area contributed by atoms with E-state index >= 15 is 0 Å². The molecule has 1 aliphatic carbocycles. The highest BCUT2D eigenvalue weighted by molar-refractivity contribution is 7.80. The summed E-state index contributed by atoms with van der Waals surface area (Å²) in [4.78, 5) is 0. The molecule has 2 nitrogen and oxygen atoms in total. The second-order valence-corrected chi connectivity index (χ2v) is 15.6. The molecule has 0 spiro atoms. The second kappa shape index (κ2) is 13.8. The summed E-state index contributed by atoms with van der Waals surface area (Å²) >= 11 is 0. The van der Waals surface area contributed by atoms with E-state index in [0.29, 0.717) is 13.2 Å². The highest BCUT2D eigenvalue weighted by Crippen LogP contribution is 2.53. The van der Waals surface area contributed by atoms with Gasteiger partial charge in [-0.1, -0.05) is 146 Å². The number of hydrogen-bond donors (Lipinski definition) is 0. The van der Waals surface area contributed by atoms with E-state index in [1.54, 1.807) is 0 Å². The molecular weight excluding hydrogens is 574 g/mol. The van der Waals surface area contributed by atoms with E-state index < -0.39 is 15.8 Å². The van der Waals surface area contributed by atoms with Gasteiger partial charge in [0, 0.05) is 11.2 Å². The molecule has 0 fully saturated rings. The largest absolute Gasteiger partial charge is 0.497 e. The van der Waals surface area contributed by atoms with Gasteiger partial charge in [-0.25, -0.2) is 0 Å². The SMILES string of the molecule is C1=CC(P(c2ccccc2)c2ccccc2)[C@@H]2C(=C1)OCCCCOc1cccc(P(c3ccccc3)c3ccccc3)c12. The van der Waals surface area contributed by atoms with Crippen LogP contribution in [-0.2, 0) is 4.74 Å². The Bertz CT molecular complexity index is 1640. The summed E-state index contributed by atoms with van der Waals surface area (Å²) in [7, 11) is -1.62. The molecule has 5 aromatic carbocycles. The fourth-order valence-corrected chi connectivity index (χ4v) is 11.7. The average molecular weight is 611 g/mol. The number of allylic oxidation sites excluding steroid dienone is 4. The second-order valence-electron chi connectivity index (χ2n) is 11.1. The average Bonchev–Trinajstić information content (AvgIpc) is 3.09. The standard InChI is InChI=1S/C40H36O2P2/c1-5-17-31(18-6-1)43(32-19-7-2-8-20-32)37-27-15-25-35-39(37)40-36(42-30-14-13-29-41-35)26-16-28-38(40)44(33-21-9-3-10-22-33)34-23-11-4-12-24-34/h1-12,15-28,37,39H,13-14,29-30H2/t37?,39-/m0/s1. The van der Waals surface area contributed by atoms with Gasteiger partial charge in [0.2, 0.25) is 0 Å². The Morgan fingerprint density at radius 1 is 0.523 bits per heavy atom. The lowest BCUT2D eigenvalue weighted by atomic mass is 9.89. The zero-order valence-electron chi connectivity index (χ0n) is 24.7. The Labute approximate surface area is 263 Å². The van der Waals surface area contributed by atoms with Crippen molar-refractivity contribution in [1.29, 1.82) is 0 Å². The smallest absolute Gasteiger partial charge is 0.123 e. The molecule has 0 N–H and O–H groups in total. The quantitative estimate of drug-likeness (QED) is 0.184. The molecule has 0 radical (unpaired) electrons. The molecule has 0 amide bonds. The Morgan fingerprint density at radius 2 is 1.05 bits per heavy atom. The number of ether oxygens (including phenoxy) is 2. The summed E-state index contributed by atoms with van der Waals surface area (Å²) in [6.07, 6.45) is 8.81. The summed E-state index contributed by atoms with van der Waals surface area (Å²) in [5.74, 6) is 2.04. The highest BCUT2D eigenvalue weighted by atomic mass is 31.1. The molecule has 0 saturated carbocycles. The zero-order valence-corrected chi connectivity index (χ0v) is 26.5. The fraction of sp³-hybridized carbons (Fsp3) is 0.150. The Kier molecular flexibility index (Phi) is 9.01. The fourth-order valence-electron chi connectivity index (χ4n) is 6.33. The lowest BCUT2D eigenvalue weighted by Crippen LogP contribution is -2.34. The Morgan fingerprint density at radius 3 is 1.61 bits per heavy atom. The molecule has 218 valence electrons. The summed E-state index contributed by atoms with van der Waals surface area (Å²) in [5.41, 5.74) is 1.45. The highest BCUT2D eigenvalue weighted by Gasteiger charge is 2.40. The Balaban J connectivity index is 1.48. The first kappa shape index (κ1) is 28.8. The van der Waals surface area contributed by atoms with Crippen molar-refractivity contribution in [3.63, 3.8) is 0 Å². The van der Waals surface area contributed by atoms with Crippen molar-refractivity contribution >= 4 is 42.4 Å². The molecule has 5 aromatic rings. The Hall–Kier alpha value is -3.96. The lowest BCUT2D eigenvalue weighted by Gasteiger charge is -2.38. The maximum absolute atomic E-state index is 6.75. The van der Waals surface area contributed by atoms with Crippen molar-refractivity contribution in [3.05, 3.63) is 169 Å². The molecule has 1 unspecified atom stereocenters. The van der Waals surface area contributed by atoms with Gasteiger partial charge >= 0.3 is 0 Å². The van der Waals surface area contributed by atoms with Crippen molar-refractivity contribution < 1.29 is 9.47 Å². The van der Waals surface area contributed by atoms with Crippen LogP contribution in [0.4, 0.5) is 0 Å². The van der Waals surface area contributed by atoms with Crippen LogP contribution in [0.2, 0.25) is 0 Å². The van der Waals surface area contributed by atoms with Crippen LogP contribution in [0.1, 0.15) is 24.3 Å². The summed E-state index contributed by atoms with van der Waals surface area (Å²) in [5, 5.41) is 6.75. The molecule has 1 aliphatic heterocycles. The first-order valence-corrected chi connectivity index (χ1v) is 18.2. The predicted octanol–water partition coefficient (Wildman–Crippen LogP) is 7.67. The van der Waals surface area contributed by atoms with Crippen LogP contribution in [-0.4, -0.2) is 18.9 Å². The minimum absolute atomic E-state index is 0.00764. The van der Waals surface area contributed by atoms with Gasteiger partial charge < -0.3 is 9.47 Å². The van der Waals surface area contributed by atoms with Crippen molar-refractivity contribution in [2.24, 2.45) is 0 Å². The maximum atomic E-state index is 6.75. The van der Waals surface area contributed by atoms with E-state index in [9.17, 15) is 0 Å². The van der Waals surface area contributed by atoms with E-state index in [4.69, 9.17) is 9.47 Å². The van der Waals surface area contributed by atoms with Crippen LogP contribution in [0.5, 0.6) is 5.75 Å². The third kappa shape index (κ3) is 6.03. The minimum Gasteiger partial charge on any atom is -0.497 e. The first-order valence-electron chi connectivity index (χ1n) is 15.4. The van der Waals surface area contributed by atoms with Gasteiger partial charge in [-0.2, -0.15) is 0 Å². The minimum atomic E-state index is -0.855. The van der Waals surface area contributed by atoms with Crippen molar-refractivity contribution in [3.8, 4) is 5.75 Å². The molecule has 1 heterocycles. The van der Waals surface area contributed by atoms with E-state index in [2.05, 4.69) is 158 Å². The van der Waals surface area contributed by atoms with Crippen LogP contribution >= 0.6 is 15.8 Å². The van der Waals surface area contributed by atoms with E-state index in [1.807, 2.05) is 0 Å². The summed E-state index contributed by atoms with van der Waals surface area (Å²) in [6.45, 7) is 1.39. The molecule has 2 aliphatic rings. The molecule has 7 rings (SSSR count). The molecule has 0 saturated heterocycles. The van der Waals surface area contributed by atoms with Gasteiger partial charge in [-0.3, -0.25) is 0 Å². The van der Waals surface area contributed by atoms with Crippen LogP contribution in [0.25, 0.3) is 0 Å². The van der Waals surface area contributed by atoms with Gasteiger partial charge in [0.25, 0.3) is 0 Å². The summed E-state index contributed by atoms with van der Waals surface area (Å²) < 4.78 is 13.5. The zero-order chi connectivity index (χ0) is 29.6. The monoisotopic (exact) mass is 610 g/mol. The van der Waals surface area contributed by atoms with Crippen LogP contribution < -0.4 is 31.3 Å². The van der Waals surface area contributed by atoms with Gasteiger partial charge in [0.1, 0.15) is 11.5 Å². The molecule has 4 heteroatoms. The topological polar surface area (TPSA) is 18.5 Å². The van der Waals surface area contributed by atoms with Crippen LogP contribution in [0.3, 0.4) is 0 Å². The van der Waals surface area contributed by atoms with Gasteiger partial charge in [0.15, 0.2) is 0 Å². The van der Waals surface area contributed by atoms with Crippen molar-refractivity contribution in [2.75, 3.05) is 13.2 Å². The van der Waals surface area contributed by atoms with E-state index in [0.717, 1.165) is 24.4 Å². The maximum Gasteiger partial charge on any atom is 0.123 e. The number of rotatable bonds is 6. The van der Waals surface area contributed by atoms with Crippen molar-refractivity contribution in [2.45, 2.75) is 24.4 Å². The number of hydrogen-bond acceptors (Lipinski definition) is 2.